The Kier molecular flexibility index (Phi) is 5.91. The predicted octanol–water partition coefficient (Wildman–Crippen LogP) is 2.65. The molecule has 3 rings (SSSR count). The number of thiazole rings is 1. The van der Waals surface area contributed by atoms with Crippen LogP contribution >= 0.6 is 11.3 Å². The lowest BCUT2D eigenvalue weighted by atomic mass is 10.0. The molecule has 0 bridgehead atoms. The van der Waals surface area contributed by atoms with Crippen molar-refractivity contribution in [1.82, 2.24) is 4.98 Å². The van der Waals surface area contributed by atoms with Crippen LogP contribution in [0.1, 0.15) is 44.4 Å². The first kappa shape index (κ1) is 23.5. The number of aromatic nitrogens is 1. The van der Waals surface area contributed by atoms with Gasteiger partial charge in [-0.2, -0.15) is 21.6 Å². The number of ether oxygens (including phenoxy) is 1. The Bertz CT molecular complexity index is 1120. The Morgan fingerprint density at radius 2 is 1.90 bits per heavy atom. The van der Waals surface area contributed by atoms with Crippen LogP contribution in [0.4, 0.5) is 18.3 Å². The summed E-state index contributed by atoms with van der Waals surface area (Å²) in [6, 6.07) is 1.46. The Hall–Kier alpha value is -2.12. The standard InChI is InChI=1S/C18H21F3N2O6S2/c1-9-8-10-14(30-16(22-10)23-6-5-7-23)12(29-31(26,27)18(19,20)21)11(9)13(15(24)25)28-17(2,3)4/h8,13H,5-7H2,1-4H3,(H,24,25)/p-1/t13-/m0/s1. The number of aliphatic carboxylic acids is 1. The summed E-state index contributed by atoms with van der Waals surface area (Å²) in [5.74, 6) is -2.52. The largest absolute Gasteiger partial charge is 0.547 e. The molecule has 8 nitrogen and oxygen atoms in total. The number of benzene rings is 1. The maximum atomic E-state index is 13.1. The number of alkyl halides is 3. The Balaban J connectivity index is 2.28. The average molecular weight is 481 g/mol. The van der Waals surface area contributed by atoms with Crippen LogP contribution in [-0.4, -0.2) is 43.6 Å². The molecule has 1 saturated heterocycles. The number of carbonyl (C=O) groups is 1. The fourth-order valence-electron chi connectivity index (χ4n) is 2.95. The zero-order valence-electron chi connectivity index (χ0n) is 17.1. The monoisotopic (exact) mass is 481 g/mol. The average Bonchev–Trinajstić information content (AvgIpc) is 2.92. The summed E-state index contributed by atoms with van der Waals surface area (Å²) in [5.41, 5.74) is -6.79. The summed E-state index contributed by atoms with van der Waals surface area (Å²) in [6.07, 6.45) is -0.963. The van der Waals surface area contributed by atoms with Gasteiger partial charge in [-0.3, -0.25) is 0 Å². The number of hydrogen-bond acceptors (Lipinski definition) is 9. The van der Waals surface area contributed by atoms with Gasteiger partial charge in [0.1, 0.15) is 10.8 Å². The molecule has 172 valence electrons. The van der Waals surface area contributed by atoms with E-state index in [0.717, 1.165) is 17.8 Å². The SMILES string of the molecule is Cc1cc2nc(N3CCC3)sc2c(OS(=O)(=O)C(F)(F)F)c1[C@H](OC(C)(C)C)C(=O)[O-]. The van der Waals surface area contributed by atoms with Gasteiger partial charge in [0.15, 0.2) is 10.9 Å². The fraction of sp³-hybridized carbons (Fsp3) is 0.556. The van der Waals surface area contributed by atoms with Crippen molar-refractivity contribution in [3.8, 4) is 5.75 Å². The van der Waals surface area contributed by atoms with Gasteiger partial charge < -0.3 is 23.7 Å². The summed E-state index contributed by atoms with van der Waals surface area (Å²) < 4.78 is 72.9. The topological polar surface area (TPSA) is 109 Å². The van der Waals surface area contributed by atoms with Gasteiger partial charge in [-0.15, -0.1) is 0 Å². The maximum Gasteiger partial charge on any atom is 0.534 e. The molecule has 2 aromatic rings. The number of carboxylic acids is 1. The van der Waals surface area contributed by atoms with Crippen LogP contribution in [0.3, 0.4) is 0 Å². The first-order valence-electron chi connectivity index (χ1n) is 9.19. The molecule has 0 amide bonds. The van der Waals surface area contributed by atoms with Crippen molar-refractivity contribution in [1.29, 1.82) is 0 Å². The smallest absolute Gasteiger partial charge is 0.534 e. The summed E-state index contributed by atoms with van der Waals surface area (Å²) >= 11 is 0.918. The second-order valence-corrected chi connectivity index (χ2v) is 10.5. The zero-order chi connectivity index (χ0) is 23.4. The summed E-state index contributed by atoms with van der Waals surface area (Å²) in [7, 11) is -6.09. The molecule has 0 spiro atoms. The molecule has 0 saturated carbocycles. The molecule has 1 aromatic heterocycles. The molecular formula is C18H20F3N2O6S2-. The van der Waals surface area contributed by atoms with Crippen LogP contribution in [0.2, 0.25) is 0 Å². The second kappa shape index (κ2) is 7.78. The first-order chi connectivity index (χ1) is 14.1. The molecule has 2 heterocycles. The first-order valence-corrected chi connectivity index (χ1v) is 11.4. The van der Waals surface area contributed by atoms with Crippen molar-refractivity contribution in [3.63, 3.8) is 0 Å². The van der Waals surface area contributed by atoms with E-state index in [9.17, 15) is 31.5 Å². The normalized spacial score (nSPS) is 16.3. The van der Waals surface area contributed by atoms with E-state index in [1.54, 1.807) is 20.8 Å². The number of nitrogens with zero attached hydrogens (tertiary/aromatic N) is 2. The Labute approximate surface area is 180 Å². The van der Waals surface area contributed by atoms with Crippen molar-refractivity contribution < 1.29 is 40.4 Å². The van der Waals surface area contributed by atoms with Gasteiger partial charge in [0, 0.05) is 18.7 Å². The molecular weight excluding hydrogens is 461 g/mol. The van der Waals surface area contributed by atoms with Crippen LogP contribution in [0, 0.1) is 6.92 Å². The maximum absolute atomic E-state index is 13.1. The van der Waals surface area contributed by atoms with Crippen molar-refractivity contribution in [2.75, 3.05) is 18.0 Å². The van der Waals surface area contributed by atoms with Gasteiger partial charge in [-0.25, -0.2) is 4.98 Å². The minimum absolute atomic E-state index is 0.0286. The van der Waals surface area contributed by atoms with Gasteiger partial charge in [0.25, 0.3) is 0 Å². The van der Waals surface area contributed by atoms with E-state index < -0.39 is 39.1 Å². The van der Waals surface area contributed by atoms with Crippen LogP contribution in [0.15, 0.2) is 6.07 Å². The molecule has 1 aromatic carbocycles. The van der Waals surface area contributed by atoms with Crippen molar-refractivity contribution in [3.05, 3.63) is 17.2 Å². The van der Waals surface area contributed by atoms with E-state index >= 15 is 0 Å². The number of anilines is 1. The van der Waals surface area contributed by atoms with Crippen LogP contribution < -0.4 is 14.2 Å². The number of carboxylic acid groups (broad SMARTS) is 1. The minimum atomic E-state index is -6.09. The van der Waals surface area contributed by atoms with Gasteiger partial charge in [0.2, 0.25) is 0 Å². The number of hydrogen-bond donors (Lipinski definition) is 0. The highest BCUT2D eigenvalue weighted by atomic mass is 32.2. The van der Waals surface area contributed by atoms with Crippen LogP contribution in [0.25, 0.3) is 10.2 Å². The molecule has 1 atom stereocenters. The number of carbonyl (C=O) groups excluding carboxylic acids is 1. The molecule has 1 fully saturated rings. The van der Waals surface area contributed by atoms with Crippen molar-refractivity contribution in [2.45, 2.75) is 51.3 Å². The lowest BCUT2D eigenvalue weighted by Crippen LogP contribution is -2.37. The highest BCUT2D eigenvalue weighted by Crippen LogP contribution is 2.45. The van der Waals surface area contributed by atoms with Gasteiger partial charge in [-0.05, 0) is 45.7 Å². The van der Waals surface area contributed by atoms with Crippen molar-refractivity contribution in [2.24, 2.45) is 0 Å². The van der Waals surface area contributed by atoms with Crippen LogP contribution in [0.5, 0.6) is 5.75 Å². The Morgan fingerprint density at radius 3 is 2.35 bits per heavy atom. The van der Waals surface area contributed by atoms with Crippen molar-refractivity contribution >= 4 is 42.8 Å². The highest BCUT2D eigenvalue weighted by molar-refractivity contribution is 7.88. The summed E-state index contributed by atoms with van der Waals surface area (Å²) in [4.78, 5) is 18.1. The van der Waals surface area contributed by atoms with Gasteiger partial charge >= 0.3 is 15.6 Å². The van der Waals surface area contributed by atoms with E-state index in [4.69, 9.17) is 4.74 Å². The fourth-order valence-corrected chi connectivity index (χ4v) is 4.58. The minimum Gasteiger partial charge on any atom is -0.547 e. The molecule has 1 aliphatic heterocycles. The summed E-state index contributed by atoms with van der Waals surface area (Å²) in [5, 5.41) is 12.3. The quantitative estimate of drug-likeness (QED) is 0.458. The van der Waals surface area contributed by atoms with Gasteiger partial charge in [-0.1, -0.05) is 11.3 Å². The second-order valence-electron chi connectivity index (χ2n) is 8.03. The molecule has 0 aliphatic carbocycles. The third kappa shape index (κ3) is 4.72. The molecule has 1 aliphatic rings. The lowest BCUT2D eigenvalue weighted by molar-refractivity contribution is -0.321. The number of rotatable bonds is 6. The van der Waals surface area contributed by atoms with E-state index in [-0.39, 0.29) is 21.3 Å². The van der Waals surface area contributed by atoms with E-state index in [1.807, 2.05) is 4.90 Å². The van der Waals surface area contributed by atoms with Crippen LogP contribution in [-0.2, 0) is 19.6 Å². The third-order valence-electron chi connectivity index (χ3n) is 4.42. The Morgan fingerprint density at radius 1 is 1.29 bits per heavy atom. The molecule has 0 radical (unpaired) electrons. The molecule has 0 unspecified atom stereocenters. The highest BCUT2D eigenvalue weighted by Gasteiger charge is 2.49. The van der Waals surface area contributed by atoms with E-state index in [2.05, 4.69) is 9.17 Å². The molecule has 0 N–H and O–H groups in total. The number of aryl methyl sites for hydroxylation is 1. The van der Waals surface area contributed by atoms with Gasteiger partial charge in [0.05, 0.1) is 17.1 Å². The molecule has 31 heavy (non-hydrogen) atoms. The van der Waals surface area contributed by atoms with E-state index in [1.165, 1.54) is 13.0 Å². The third-order valence-corrected chi connectivity index (χ3v) is 6.51. The summed E-state index contributed by atoms with van der Waals surface area (Å²) in [6.45, 7) is 7.41. The lowest BCUT2D eigenvalue weighted by Gasteiger charge is -2.30. The molecule has 13 heteroatoms. The van der Waals surface area contributed by atoms with E-state index in [0.29, 0.717) is 18.2 Å². The predicted molar refractivity (Wildman–Crippen MR) is 105 cm³/mol. The zero-order valence-corrected chi connectivity index (χ0v) is 18.7. The number of halogens is 3. The number of fused-ring (bicyclic) bond motifs is 1.